The van der Waals surface area contributed by atoms with Crippen LogP contribution in [0.3, 0.4) is 0 Å². The van der Waals surface area contributed by atoms with Gasteiger partial charge in [0.2, 0.25) is 0 Å². The van der Waals surface area contributed by atoms with Gasteiger partial charge in [-0.3, -0.25) is 0 Å². The van der Waals surface area contributed by atoms with Crippen LogP contribution in [-0.2, 0) is 0 Å². The topological polar surface area (TPSA) is 53.0 Å². The number of rotatable bonds is 4. The lowest BCUT2D eigenvalue weighted by Gasteiger charge is -2.16. The molecule has 0 aliphatic heterocycles. The van der Waals surface area contributed by atoms with Crippen molar-refractivity contribution in [3.05, 3.63) is 29.8 Å². The summed E-state index contributed by atoms with van der Waals surface area (Å²) in [7, 11) is 4.00. The zero-order valence-electron chi connectivity index (χ0n) is 9.27. The summed E-state index contributed by atoms with van der Waals surface area (Å²) in [6.07, 6.45) is 1.22. The predicted octanol–water partition coefficient (Wildman–Crippen LogP) is 2.06. The summed E-state index contributed by atoms with van der Waals surface area (Å²) in [5.41, 5.74) is 8.21. The lowest BCUT2D eigenvalue weighted by molar-refractivity contribution is 0.665. The summed E-state index contributed by atoms with van der Waals surface area (Å²) >= 11 is 0. The Hall–Kier alpha value is -1.53. The molecule has 0 bridgehead atoms. The molecule has 1 aromatic carbocycles. The minimum absolute atomic E-state index is 0.0375. The highest BCUT2D eigenvalue weighted by Crippen LogP contribution is 2.20. The van der Waals surface area contributed by atoms with Crippen molar-refractivity contribution in [1.82, 2.24) is 0 Å². The van der Waals surface area contributed by atoms with Crippen LogP contribution in [0, 0.1) is 11.3 Å². The van der Waals surface area contributed by atoms with E-state index in [9.17, 15) is 0 Å². The van der Waals surface area contributed by atoms with E-state index in [0.717, 1.165) is 11.3 Å². The summed E-state index contributed by atoms with van der Waals surface area (Å²) in [5, 5.41) is 8.49. The molecule has 0 fully saturated rings. The third-order valence-corrected chi connectivity index (χ3v) is 2.38. The number of nitriles is 1. The van der Waals surface area contributed by atoms with Crippen LogP contribution >= 0.6 is 0 Å². The second-order valence-corrected chi connectivity index (χ2v) is 3.79. The van der Waals surface area contributed by atoms with Gasteiger partial charge in [0.05, 0.1) is 6.07 Å². The quantitative estimate of drug-likeness (QED) is 0.814. The van der Waals surface area contributed by atoms with Crippen LogP contribution in [0.1, 0.15) is 24.4 Å². The average molecular weight is 203 g/mol. The molecule has 0 saturated carbocycles. The van der Waals surface area contributed by atoms with Crippen LogP contribution in [0.4, 0.5) is 5.69 Å². The highest BCUT2D eigenvalue weighted by atomic mass is 15.1. The van der Waals surface area contributed by atoms with Crippen molar-refractivity contribution in [1.29, 1.82) is 5.26 Å². The van der Waals surface area contributed by atoms with Crippen LogP contribution in [0.2, 0.25) is 0 Å². The smallest absolute Gasteiger partial charge is 0.0622 e. The first-order valence-electron chi connectivity index (χ1n) is 5.05. The molecular weight excluding hydrogens is 186 g/mol. The molecule has 80 valence electrons. The van der Waals surface area contributed by atoms with Crippen molar-refractivity contribution < 1.29 is 0 Å². The van der Waals surface area contributed by atoms with Gasteiger partial charge in [-0.25, -0.2) is 0 Å². The fourth-order valence-electron chi connectivity index (χ4n) is 1.42. The van der Waals surface area contributed by atoms with Gasteiger partial charge in [-0.1, -0.05) is 12.1 Å². The molecule has 3 heteroatoms. The Kier molecular flexibility index (Phi) is 4.14. The maximum absolute atomic E-state index is 8.49. The SMILES string of the molecule is CN(C)c1cccc([C@@H](N)CCC#N)c1. The minimum atomic E-state index is -0.0375. The Labute approximate surface area is 91.1 Å². The van der Waals surface area contributed by atoms with Gasteiger partial charge in [-0.15, -0.1) is 0 Å². The largest absolute Gasteiger partial charge is 0.378 e. The first-order chi connectivity index (χ1) is 7.15. The molecule has 2 N–H and O–H groups in total. The summed E-state index contributed by atoms with van der Waals surface area (Å²) < 4.78 is 0. The van der Waals surface area contributed by atoms with Crippen molar-refractivity contribution in [3.63, 3.8) is 0 Å². The zero-order valence-corrected chi connectivity index (χ0v) is 9.27. The molecule has 0 aliphatic carbocycles. The summed E-state index contributed by atoms with van der Waals surface area (Å²) in [6.45, 7) is 0. The van der Waals surface area contributed by atoms with Crippen LogP contribution < -0.4 is 10.6 Å². The summed E-state index contributed by atoms with van der Waals surface area (Å²) in [4.78, 5) is 2.04. The highest BCUT2D eigenvalue weighted by molar-refractivity contribution is 5.47. The van der Waals surface area contributed by atoms with Crippen molar-refractivity contribution in [2.75, 3.05) is 19.0 Å². The van der Waals surface area contributed by atoms with E-state index in [-0.39, 0.29) is 6.04 Å². The third kappa shape index (κ3) is 3.26. The standard InChI is InChI=1S/C12H17N3/c1-15(2)11-6-3-5-10(9-11)12(14)7-4-8-13/h3,5-6,9,12H,4,7,14H2,1-2H3/t12-/m0/s1. The van der Waals surface area contributed by atoms with Gasteiger partial charge in [0.25, 0.3) is 0 Å². The predicted molar refractivity (Wildman–Crippen MR) is 62.5 cm³/mol. The van der Waals surface area contributed by atoms with E-state index in [1.807, 2.05) is 37.2 Å². The summed E-state index contributed by atoms with van der Waals surface area (Å²) in [6, 6.07) is 10.2. The van der Waals surface area contributed by atoms with E-state index in [0.29, 0.717) is 12.8 Å². The normalized spacial score (nSPS) is 11.9. The maximum Gasteiger partial charge on any atom is 0.0622 e. The number of benzene rings is 1. The molecule has 0 amide bonds. The molecule has 0 aromatic heterocycles. The van der Waals surface area contributed by atoms with Crippen molar-refractivity contribution in [2.24, 2.45) is 5.73 Å². The van der Waals surface area contributed by atoms with E-state index in [1.54, 1.807) is 0 Å². The van der Waals surface area contributed by atoms with Gasteiger partial charge < -0.3 is 10.6 Å². The Morgan fingerprint density at radius 3 is 2.80 bits per heavy atom. The van der Waals surface area contributed by atoms with Crippen LogP contribution in [-0.4, -0.2) is 14.1 Å². The van der Waals surface area contributed by atoms with Gasteiger partial charge >= 0.3 is 0 Å². The molecule has 1 rings (SSSR count). The molecule has 3 nitrogen and oxygen atoms in total. The maximum atomic E-state index is 8.49. The highest BCUT2D eigenvalue weighted by Gasteiger charge is 2.06. The fraction of sp³-hybridized carbons (Fsp3) is 0.417. The van der Waals surface area contributed by atoms with Crippen molar-refractivity contribution in [2.45, 2.75) is 18.9 Å². The van der Waals surface area contributed by atoms with Crippen LogP contribution in [0.15, 0.2) is 24.3 Å². The van der Waals surface area contributed by atoms with E-state index >= 15 is 0 Å². The van der Waals surface area contributed by atoms with E-state index in [1.165, 1.54) is 0 Å². The Bertz CT molecular complexity index is 352. The second kappa shape index (κ2) is 5.38. The number of hydrogen-bond donors (Lipinski definition) is 1. The molecule has 0 aliphatic rings. The lowest BCUT2D eigenvalue weighted by Crippen LogP contribution is -2.12. The fourth-order valence-corrected chi connectivity index (χ4v) is 1.42. The van der Waals surface area contributed by atoms with E-state index in [2.05, 4.69) is 12.1 Å². The van der Waals surface area contributed by atoms with Gasteiger partial charge in [-0.05, 0) is 24.1 Å². The van der Waals surface area contributed by atoms with E-state index in [4.69, 9.17) is 11.0 Å². The minimum Gasteiger partial charge on any atom is -0.378 e. The van der Waals surface area contributed by atoms with E-state index < -0.39 is 0 Å². The third-order valence-electron chi connectivity index (χ3n) is 2.38. The first kappa shape index (κ1) is 11.5. The molecule has 0 saturated heterocycles. The van der Waals surface area contributed by atoms with Crippen LogP contribution in [0.25, 0.3) is 0 Å². The monoisotopic (exact) mass is 203 g/mol. The number of nitrogens with two attached hydrogens (primary N) is 1. The number of anilines is 1. The number of hydrogen-bond acceptors (Lipinski definition) is 3. The molecular formula is C12H17N3. The molecule has 0 radical (unpaired) electrons. The molecule has 0 unspecified atom stereocenters. The molecule has 1 aromatic rings. The Balaban J connectivity index is 2.77. The van der Waals surface area contributed by atoms with Crippen LogP contribution in [0.5, 0.6) is 0 Å². The summed E-state index contributed by atoms with van der Waals surface area (Å²) in [5.74, 6) is 0. The zero-order chi connectivity index (χ0) is 11.3. The molecule has 0 heterocycles. The van der Waals surface area contributed by atoms with Gasteiger partial charge in [0.1, 0.15) is 0 Å². The Morgan fingerprint density at radius 2 is 2.20 bits per heavy atom. The average Bonchev–Trinajstić information content (AvgIpc) is 2.26. The van der Waals surface area contributed by atoms with Gasteiger partial charge in [0, 0.05) is 32.2 Å². The number of nitrogens with zero attached hydrogens (tertiary/aromatic N) is 2. The first-order valence-corrected chi connectivity index (χ1v) is 5.05. The van der Waals surface area contributed by atoms with Crippen molar-refractivity contribution in [3.8, 4) is 6.07 Å². The van der Waals surface area contributed by atoms with Gasteiger partial charge in [0.15, 0.2) is 0 Å². The Morgan fingerprint density at radius 1 is 1.47 bits per heavy atom. The second-order valence-electron chi connectivity index (χ2n) is 3.79. The molecule has 1 atom stereocenters. The van der Waals surface area contributed by atoms with Gasteiger partial charge in [-0.2, -0.15) is 5.26 Å². The lowest BCUT2D eigenvalue weighted by atomic mass is 10.0. The molecule has 0 spiro atoms. The van der Waals surface area contributed by atoms with Crippen molar-refractivity contribution >= 4 is 5.69 Å². The molecule has 15 heavy (non-hydrogen) atoms.